The van der Waals surface area contributed by atoms with Crippen LogP contribution in [0.25, 0.3) is 0 Å². The summed E-state index contributed by atoms with van der Waals surface area (Å²) >= 11 is 0. The molecule has 9 heteroatoms. The second-order valence-corrected chi connectivity index (χ2v) is 8.76. The molecule has 108 valence electrons. The molecule has 1 aliphatic rings. The second kappa shape index (κ2) is 6.29. The van der Waals surface area contributed by atoms with Crippen molar-refractivity contribution in [3.8, 4) is 0 Å². The summed E-state index contributed by atoms with van der Waals surface area (Å²) in [5.74, 6) is -0.158. The standard InChI is InChI=1S/C9H21N3O4S2/c1-11(8-9-17(2,13)14)18(15,16)12-6-3-4-10-5-7-12/h10H,3-9H2,1-2H3. The van der Waals surface area contributed by atoms with E-state index in [1.54, 1.807) is 0 Å². The van der Waals surface area contributed by atoms with Gasteiger partial charge in [0.15, 0.2) is 0 Å². The maximum atomic E-state index is 12.2. The highest BCUT2D eigenvalue weighted by Crippen LogP contribution is 2.08. The van der Waals surface area contributed by atoms with E-state index in [2.05, 4.69) is 5.32 Å². The molecule has 7 nitrogen and oxygen atoms in total. The molecule has 1 N–H and O–H groups in total. The van der Waals surface area contributed by atoms with E-state index in [1.807, 2.05) is 0 Å². The van der Waals surface area contributed by atoms with E-state index in [-0.39, 0.29) is 12.3 Å². The minimum atomic E-state index is -3.55. The SMILES string of the molecule is CN(CCS(C)(=O)=O)S(=O)(=O)N1CCCNCC1. The van der Waals surface area contributed by atoms with Crippen LogP contribution in [0.3, 0.4) is 0 Å². The van der Waals surface area contributed by atoms with Crippen molar-refractivity contribution in [2.75, 3.05) is 51.8 Å². The maximum absolute atomic E-state index is 12.2. The van der Waals surface area contributed by atoms with Gasteiger partial charge in [0, 0.05) is 39.5 Å². The Labute approximate surface area is 109 Å². The highest BCUT2D eigenvalue weighted by atomic mass is 32.2. The molecule has 0 aromatic carbocycles. The van der Waals surface area contributed by atoms with Gasteiger partial charge in [0.2, 0.25) is 0 Å². The van der Waals surface area contributed by atoms with Crippen molar-refractivity contribution in [3.63, 3.8) is 0 Å². The van der Waals surface area contributed by atoms with Crippen LogP contribution in [0.4, 0.5) is 0 Å². The number of hydrogen-bond acceptors (Lipinski definition) is 5. The van der Waals surface area contributed by atoms with Gasteiger partial charge in [-0.25, -0.2) is 8.42 Å². The summed E-state index contributed by atoms with van der Waals surface area (Å²) in [7, 11) is -5.28. The molecule has 0 saturated carbocycles. The molecule has 1 heterocycles. The summed E-state index contributed by atoms with van der Waals surface area (Å²) in [6.45, 7) is 2.31. The van der Waals surface area contributed by atoms with Crippen molar-refractivity contribution in [2.45, 2.75) is 6.42 Å². The van der Waals surface area contributed by atoms with Gasteiger partial charge >= 0.3 is 0 Å². The van der Waals surface area contributed by atoms with Crippen molar-refractivity contribution >= 4 is 20.0 Å². The Hall–Kier alpha value is -0.220. The minimum absolute atomic E-state index is 0.00883. The Kier molecular flexibility index (Phi) is 5.53. The van der Waals surface area contributed by atoms with Crippen molar-refractivity contribution in [3.05, 3.63) is 0 Å². The summed E-state index contributed by atoms with van der Waals surface area (Å²) in [6.07, 6.45) is 1.86. The Balaban J connectivity index is 2.66. The normalized spacial score (nSPS) is 19.9. The largest absolute Gasteiger partial charge is 0.315 e. The van der Waals surface area contributed by atoms with Gasteiger partial charge in [0.05, 0.1) is 5.75 Å². The number of nitrogens with one attached hydrogen (secondary N) is 1. The third kappa shape index (κ3) is 4.81. The molecule has 0 amide bonds. The Morgan fingerprint density at radius 3 is 2.44 bits per heavy atom. The van der Waals surface area contributed by atoms with Crippen molar-refractivity contribution in [1.29, 1.82) is 0 Å². The zero-order valence-corrected chi connectivity index (χ0v) is 12.4. The Morgan fingerprint density at radius 1 is 1.17 bits per heavy atom. The third-order valence-electron chi connectivity index (χ3n) is 2.80. The zero-order chi connectivity index (χ0) is 13.8. The fourth-order valence-electron chi connectivity index (χ4n) is 1.66. The van der Waals surface area contributed by atoms with E-state index >= 15 is 0 Å². The molecular formula is C9H21N3O4S2. The lowest BCUT2D eigenvalue weighted by Crippen LogP contribution is -2.44. The first-order valence-electron chi connectivity index (χ1n) is 5.83. The van der Waals surface area contributed by atoms with Gasteiger partial charge in [0.25, 0.3) is 10.2 Å². The molecule has 0 radical (unpaired) electrons. The van der Waals surface area contributed by atoms with Crippen LogP contribution in [-0.2, 0) is 20.0 Å². The summed E-state index contributed by atoms with van der Waals surface area (Å²) < 4.78 is 49.0. The van der Waals surface area contributed by atoms with E-state index in [0.717, 1.165) is 23.5 Å². The summed E-state index contributed by atoms with van der Waals surface area (Å²) in [4.78, 5) is 0. The van der Waals surface area contributed by atoms with Crippen molar-refractivity contribution in [1.82, 2.24) is 13.9 Å². The van der Waals surface area contributed by atoms with Crippen LogP contribution in [-0.4, -0.2) is 77.2 Å². The van der Waals surface area contributed by atoms with Crippen LogP contribution in [0, 0.1) is 0 Å². The first kappa shape index (κ1) is 15.8. The van der Waals surface area contributed by atoms with Crippen LogP contribution >= 0.6 is 0 Å². The van der Waals surface area contributed by atoms with E-state index in [4.69, 9.17) is 0 Å². The van der Waals surface area contributed by atoms with E-state index in [9.17, 15) is 16.8 Å². The molecule has 0 atom stereocenters. The predicted molar refractivity (Wildman–Crippen MR) is 70.3 cm³/mol. The molecule has 1 aliphatic heterocycles. The van der Waals surface area contributed by atoms with Gasteiger partial charge in [-0.15, -0.1) is 0 Å². The van der Waals surface area contributed by atoms with Gasteiger partial charge < -0.3 is 5.32 Å². The molecule has 0 bridgehead atoms. The predicted octanol–water partition coefficient (Wildman–Crippen LogP) is -1.50. The molecule has 18 heavy (non-hydrogen) atoms. The first-order chi connectivity index (χ1) is 8.23. The lowest BCUT2D eigenvalue weighted by molar-refractivity contribution is 0.376. The van der Waals surface area contributed by atoms with Crippen LogP contribution in [0.5, 0.6) is 0 Å². The van der Waals surface area contributed by atoms with E-state index < -0.39 is 20.0 Å². The molecule has 0 aliphatic carbocycles. The molecule has 0 aromatic heterocycles. The van der Waals surface area contributed by atoms with Gasteiger partial charge in [0.1, 0.15) is 9.84 Å². The summed E-state index contributed by atoms with van der Waals surface area (Å²) in [6, 6.07) is 0. The molecule has 1 fully saturated rings. The van der Waals surface area contributed by atoms with Crippen LogP contribution in [0.1, 0.15) is 6.42 Å². The highest BCUT2D eigenvalue weighted by Gasteiger charge is 2.27. The average Bonchev–Trinajstić information content (AvgIpc) is 2.53. The summed E-state index contributed by atoms with van der Waals surface area (Å²) in [5, 5.41) is 3.12. The number of rotatable bonds is 5. The van der Waals surface area contributed by atoms with E-state index in [1.165, 1.54) is 11.4 Å². The van der Waals surface area contributed by atoms with Gasteiger partial charge in [-0.1, -0.05) is 0 Å². The average molecular weight is 299 g/mol. The Morgan fingerprint density at radius 2 is 1.83 bits per heavy atom. The van der Waals surface area contributed by atoms with E-state index in [0.29, 0.717) is 19.6 Å². The topological polar surface area (TPSA) is 86.8 Å². The molecule has 0 unspecified atom stereocenters. The first-order valence-corrected chi connectivity index (χ1v) is 9.29. The Bertz CT molecular complexity index is 452. The fourth-order valence-corrected chi connectivity index (χ4v) is 3.78. The molecule has 1 rings (SSSR count). The zero-order valence-electron chi connectivity index (χ0n) is 10.8. The van der Waals surface area contributed by atoms with Crippen molar-refractivity contribution < 1.29 is 16.8 Å². The molecule has 1 saturated heterocycles. The lowest BCUT2D eigenvalue weighted by atomic mass is 10.4. The highest BCUT2D eigenvalue weighted by molar-refractivity contribution is 7.90. The number of sulfone groups is 1. The van der Waals surface area contributed by atoms with Gasteiger partial charge in [-0.05, 0) is 13.0 Å². The molecule has 0 spiro atoms. The number of nitrogens with zero attached hydrogens (tertiary/aromatic N) is 2. The second-order valence-electron chi connectivity index (χ2n) is 4.46. The number of hydrogen-bond donors (Lipinski definition) is 1. The van der Waals surface area contributed by atoms with Crippen LogP contribution in [0.15, 0.2) is 0 Å². The summed E-state index contributed by atoms with van der Waals surface area (Å²) in [5.41, 5.74) is 0. The smallest absolute Gasteiger partial charge is 0.281 e. The third-order valence-corrected chi connectivity index (χ3v) is 5.71. The van der Waals surface area contributed by atoms with Gasteiger partial charge in [-0.2, -0.15) is 17.0 Å². The quantitative estimate of drug-likeness (QED) is 0.668. The lowest BCUT2D eigenvalue weighted by Gasteiger charge is -2.25. The molecule has 0 aromatic rings. The minimum Gasteiger partial charge on any atom is -0.315 e. The maximum Gasteiger partial charge on any atom is 0.281 e. The van der Waals surface area contributed by atoms with Crippen molar-refractivity contribution in [2.24, 2.45) is 0 Å². The fraction of sp³-hybridized carbons (Fsp3) is 1.00. The van der Waals surface area contributed by atoms with Gasteiger partial charge in [-0.3, -0.25) is 0 Å². The molecular weight excluding hydrogens is 278 g/mol. The van der Waals surface area contributed by atoms with Crippen LogP contribution < -0.4 is 5.32 Å². The van der Waals surface area contributed by atoms with Crippen LogP contribution in [0.2, 0.25) is 0 Å². The monoisotopic (exact) mass is 299 g/mol.